The quantitative estimate of drug-likeness (QED) is 0.696. The smallest absolute Gasteiger partial charge is 0.233 e. The summed E-state index contributed by atoms with van der Waals surface area (Å²) in [6.07, 6.45) is 0. The van der Waals surface area contributed by atoms with Crippen molar-refractivity contribution in [2.75, 3.05) is 33.4 Å². The minimum Gasteiger partial charge on any atom is -0.383 e. The number of ether oxygens (including phenoxy) is 1. The molecule has 0 radical (unpaired) electrons. The van der Waals surface area contributed by atoms with E-state index in [1.165, 1.54) is 5.56 Å². The van der Waals surface area contributed by atoms with Crippen LogP contribution in [0.5, 0.6) is 0 Å². The summed E-state index contributed by atoms with van der Waals surface area (Å²) in [5, 5.41) is 5.98. The second kappa shape index (κ2) is 7.92. The summed E-state index contributed by atoms with van der Waals surface area (Å²) >= 11 is 0. The van der Waals surface area contributed by atoms with Crippen molar-refractivity contribution in [3.63, 3.8) is 0 Å². The van der Waals surface area contributed by atoms with Crippen molar-refractivity contribution in [1.82, 2.24) is 10.6 Å². The average molecular weight is 264 g/mol. The highest BCUT2D eigenvalue weighted by Gasteiger charge is 2.20. The Morgan fingerprint density at radius 2 is 1.95 bits per heavy atom. The van der Waals surface area contributed by atoms with Crippen LogP contribution in [0.15, 0.2) is 30.3 Å². The van der Waals surface area contributed by atoms with Crippen LogP contribution in [0.2, 0.25) is 0 Å². The van der Waals surface area contributed by atoms with Crippen molar-refractivity contribution >= 4 is 5.91 Å². The lowest BCUT2D eigenvalue weighted by molar-refractivity contribution is -0.120. The second-order valence-corrected chi connectivity index (χ2v) is 5.20. The first-order chi connectivity index (χ1) is 9.06. The fraction of sp³-hybridized carbons (Fsp3) is 0.533. The van der Waals surface area contributed by atoms with Crippen molar-refractivity contribution in [1.29, 1.82) is 0 Å². The van der Waals surface area contributed by atoms with Gasteiger partial charge in [-0.25, -0.2) is 0 Å². The summed E-state index contributed by atoms with van der Waals surface area (Å²) in [6.45, 7) is 6.51. The van der Waals surface area contributed by atoms with E-state index in [9.17, 15) is 4.79 Å². The molecule has 0 unspecified atom stereocenters. The van der Waals surface area contributed by atoms with Crippen LogP contribution in [0, 0.1) is 0 Å². The highest BCUT2D eigenvalue weighted by atomic mass is 16.5. The maximum Gasteiger partial charge on any atom is 0.233 e. The Morgan fingerprint density at radius 1 is 1.26 bits per heavy atom. The van der Waals surface area contributed by atoms with E-state index in [0.29, 0.717) is 26.2 Å². The minimum absolute atomic E-state index is 0.0140. The Bertz CT molecular complexity index is 377. The van der Waals surface area contributed by atoms with E-state index in [1.54, 1.807) is 7.11 Å². The molecule has 0 spiro atoms. The third kappa shape index (κ3) is 5.85. The van der Waals surface area contributed by atoms with Gasteiger partial charge in [-0.3, -0.25) is 4.79 Å². The number of carbonyl (C=O) groups excluding carboxylic acids is 1. The zero-order chi connectivity index (χ0) is 14.1. The van der Waals surface area contributed by atoms with Crippen molar-refractivity contribution in [2.45, 2.75) is 19.3 Å². The Morgan fingerprint density at radius 3 is 2.58 bits per heavy atom. The number of amides is 1. The van der Waals surface area contributed by atoms with Gasteiger partial charge in [0, 0.05) is 25.6 Å². The molecule has 0 aliphatic heterocycles. The normalized spacial score (nSPS) is 11.3. The number of rotatable bonds is 8. The molecular formula is C15H24N2O2. The van der Waals surface area contributed by atoms with Gasteiger partial charge >= 0.3 is 0 Å². The van der Waals surface area contributed by atoms with Gasteiger partial charge in [0.1, 0.15) is 0 Å². The van der Waals surface area contributed by atoms with Crippen LogP contribution in [0.3, 0.4) is 0 Å². The number of benzene rings is 1. The van der Waals surface area contributed by atoms with E-state index in [2.05, 4.69) is 36.6 Å². The Hall–Kier alpha value is -1.39. The largest absolute Gasteiger partial charge is 0.383 e. The van der Waals surface area contributed by atoms with Gasteiger partial charge in [0.25, 0.3) is 0 Å². The number of carbonyl (C=O) groups is 1. The predicted molar refractivity (Wildman–Crippen MR) is 77.2 cm³/mol. The first kappa shape index (κ1) is 15.7. The molecule has 0 heterocycles. The second-order valence-electron chi connectivity index (χ2n) is 5.20. The minimum atomic E-state index is -0.0660. The molecule has 4 nitrogen and oxygen atoms in total. The molecule has 0 aliphatic carbocycles. The molecule has 0 saturated heterocycles. The Kier molecular flexibility index (Phi) is 6.53. The molecule has 0 atom stereocenters. The number of nitrogens with one attached hydrogen (secondary N) is 2. The first-order valence-electron chi connectivity index (χ1n) is 6.58. The van der Waals surface area contributed by atoms with Crippen molar-refractivity contribution in [3.05, 3.63) is 35.9 Å². The standard InChI is InChI=1S/C15H24N2O2/c1-15(2,13-7-5-4-6-8-13)12-17-14(18)11-16-9-10-19-3/h4-8,16H,9-12H2,1-3H3,(H,17,18). The van der Waals surface area contributed by atoms with Crippen LogP contribution in [0.4, 0.5) is 0 Å². The van der Waals surface area contributed by atoms with Gasteiger partial charge in [-0.05, 0) is 5.56 Å². The van der Waals surface area contributed by atoms with Crippen molar-refractivity contribution in [2.24, 2.45) is 0 Å². The van der Waals surface area contributed by atoms with Crippen LogP contribution < -0.4 is 10.6 Å². The molecule has 1 aromatic rings. The van der Waals surface area contributed by atoms with E-state index < -0.39 is 0 Å². The summed E-state index contributed by atoms with van der Waals surface area (Å²) < 4.78 is 4.90. The molecule has 0 saturated carbocycles. The Labute approximate surface area is 115 Å². The summed E-state index contributed by atoms with van der Waals surface area (Å²) in [4.78, 5) is 11.7. The van der Waals surface area contributed by atoms with Gasteiger partial charge in [-0.15, -0.1) is 0 Å². The maximum atomic E-state index is 11.7. The number of hydrogen-bond acceptors (Lipinski definition) is 3. The topological polar surface area (TPSA) is 50.4 Å². The molecule has 106 valence electrons. The van der Waals surface area contributed by atoms with E-state index in [-0.39, 0.29) is 11.3 Å². The molecule has 1 rings (SSSR count). The summed E-state index contributed by atoms with van der Waals surface area (Å²) in [5.74, 6) is 0.0140. The fourth-order valence-corrected chi connectivity index (χ4v) is 1.75. The van der Waals surface area contributed by atoms with E-state index >= 15 is 0 Å². The van der Waals surface area contributed by atoms with Crippen LogP contribution in [-0.2, 0) is 14.9 Å². The SMILES string of the molecule is COCCNCC(=O)NCC(C)(C)c1ccccc1. The molecular weight excluding hydrogens is 240 g/mol. The Balaban J connectivity index is 2.33. The van der Waals surface area contributed by atoms with Gasteiger partial charge in [-0.2, -0.15) is 0 Å². The molecule has 1 aromatic carbocycles. The third-order valence-corrected chi connectivity index (χ3v) is 3.05. The highest BCUT2D eigenvalue weighted by molar-refractivity contribution is 5.78. The molecule has 0 bridgehead atoms. The zero-order valence-corrected chi connectivity index (χ0v) is 12.0. The van der Waals surface area contributed by atoms with Crippen LogP contribution >= 0.6 is 0 Å². The van der Waals surface area contributed by atoms with Crippen LogP contribution in [0.25, 0.3) is 0 Å². The van der Waals surface area contributed by atoms with Gasteiger partial charge < -0.3 is 15.4 Å². The summed E-state index contributed by atoms with van der Waals surface area (Å²) in [6, 6.07) is 10.2. The molecule has 0 aliphatic rings. The molecule has 1 amide bonds. The van der Waals surface area contributed by atoms with Gasteiger partial charge in [0.2, 0.25) is 5.91 Å². The lowest BCUT2D eigenvalue weighted by atomic mass is 9.84. The first-order valence-corrected chi connectivity index (χ1v) is 6.58. The maximum absolute atomic E-state index is 11.7. The zero-order valence-electron chi connectivity index (χ0n) is 12.0. The molecule has 0 fully saturated rings. The molecule has 0 aromatic heterocycles. The predicted octanol–water partition coefficient (Wildman–Crippen LogP) is 1.32. The van der Waals surface area contributed by atoms with Crippen LogP contribution in [-0.4, -0.2) is 39.3 Å². The van der Waals surface area contributed by atoms with Gasteiger partial charge in [-0.1, -0.05) is 44.2 Å². The molecule has 4 heteroatoms. The lowest BCUT2D eigenvalue weighted by Crippen LogP contribution is -2.41. The monoisotopic (exact) mass is 264 g/mol. The highest BCUT2D eigenvalue weighted by Crippen LogP contribution is 2.21. The van der Waals surface area contributed by atoms with E-state index in [1.807, 2.05) is 18.2 Å². The summed E-state index contributed by atoms with van der Waals surface area (Å²) in [7, 11) is 1.64. The van der Waals surface area contributed by atoms with Gasteiger partial charge in [0.05, 0.1) is 13.2 Å². The average Bonchev–Trinajstić information content (AvgIpc) is 2.42. The third-order valence-electron chi connectivity index (χ3n) is 3.05. The van der Waals surface area contributed by atoms with Crippen molar-refractivity contribution in [3.8, 4) is 0 Å². The van der Waals surface area contributed by atoms with Crippen LogP contribution in [0.1, 0.15) is 19.4 Å². The lowest BCUT2D eigenvalue weighted by Gasteiger charge is -2.25. The van der Waals surface area contributed by atoms with Gasteiger partial charge in [0.15, 0.2) is 0 Å². The number of hydrogen-bond donors (Lipinski definition) is 2. The fourth-order valence-electron chi connectivity index (χ4n) is 1.75. The van der Waals surface area contributed by atoms with E-state index in [4.69, 9.17) is 4.74 Å². The molecule has 19 heavy (non-hydrogen) atoms. The number of methoxy groups -OCH3 is 1. The molecule has 2 N–H and O–H groups in total. The van der Waals surface area contributed by atoms with E-state index in [0.717, 1.165) is 0 Å². The van der Waals surface area contributed by atoms with Crippen molar-refractivity contribution < 1.29 is 9.53 Å². The summed E-state index contributed by atoms with van der Waals surface area (Å²) in [5.41, 5.74) is 1.16.